The van der Waals surface area contributed by atoms with Crippen LogP contribution in [0.3, 0.4) is 0 Å². The Kier molecular flexibility index (Phi) is 5.94. The first-order valence-electron chi connectivity index (χ1n) is 9.21. The first-order chi connectivity index (χ1) is 14.4. The number of nitrogens with one attached hydrogen (secondary N) is 2. The maximum atomic E-state index is 13.0. The standard InChI is InChI=1S/C19H19F3N4O4S/c1-11(2)26-18(28)13-6-5-12(10-15(13)31(26,29)30)17(27)25-9-8-24-16-14(19(20,21)22)4-3-7-23-16/h3-7,10-11H,8-9H2,1-2H3,(H,23,24)(H,25,27). The second kappa shape index (κ2) is 8.17. The topological polar surface area (TPSA) is 108 Å². The van der Waals surface area contributed by atoms with E-state index in [-0.39, 0.29) is 34.9 Å². The van der Waals surface area contributed by atoms with Crippen LogP contribution in [0.4, 0.5) is 19.0 Å². The predicted octanol–water partition coefficient (Wildman–Crippen LogP) is 2.50. The number of carbonyl (C=O) groups excluding carboxylic acids is 2. The van der Waals surface area contributed by atoms with Crippen LogP contribution in [0.25, 0.3) is 0 Å². The smallest absolute Gasteiger partial charge is 0.368 e. The van der Waals surface area contributed by atoms with Crippen molar-refractivity contribution in [3.63, 3.8) is 0 Å². The number of anilines is 1. The molecule has 0 fully saturated rings. The molecular weight excluding hydrogens is 437 g/mol. The molecule has 2 N–H and O–H groups in total. The van der Waals surface area contributed by atoms with Crippen molar-refractivity contribution >= 4 is 27.7 Å². The van der Waals surface area contributed by atoms with Gasteiger partial charge in [0.25, 0.3) is 21.8 Å². The van der Waals surface area contributed by atoms with Gasteiger partial charge in [0, 0.05) is 30.9 Å². The maximum Gasteiger partial charge on any atom is 0.419 e. The van der Waals surface area contributed by atoms with Gasteiger partial charge in [-0.05, 0) is 44.2 Å². The fourth-order valence-corrected chi connectivity index (χ4v) is 4.93. The second-order valence-corrected chi connectivity index (χ2v) is 8.77. The quantitative estimate of drug-likeness (QED) is 0.647. The van der Waals surface area contributed by atoms with E-state index in [1.165, 1.54) is 24.4 Å². The molecule has 1 aliphatic rings. The Labute approximate surface area is 176 Å². The van der Waals surface area contributed by atoms with Crippen LogP contribution in [0.15, 0.2) is 41.4 Å². The predicted molar refractivity (Wildman–Crippen MR) is 105 cm³/mol. The summed E-state index contributed by atoms with van der Waals surface area (Å²) in [6.07, 6.45) is -3.36. The molecule has 0 saturated heterocycles. The van der Waals surface area contributed by atoms with Gasteiger partial charge in [-0.2, -0.15) is 13.2 Å². The highest BCUT2D eigenvalue weighted by molar-refractivity contribution is 7.90. The molecule has 1 aromatic heterocycles. The average molecular weight is 456 g/mol. The van der Waals surface area contributed by atoms with Gasteiger partial charge in [-0.25, -0.2) is 17.7 Å². The SMILES string of the molecule is CC(C)N1C(=O)c2ccc(C(=O)NCCNc3ncccc3C(F)(F)F)cc2S1(=O)=O. The van der Waals surface area contributed by atoms with E-state index in [1.807, 2.05) is 0 Å². The number of hydrogen-bond acceptors (Lipinski definition) is 6. The molecule has 0 unspecified atom stereocenters. The van der Waals surface area contributed by atoms with Crippen LogP contribution < -0.4 is 10.6 Å². The van der Waals surface area contributed by atoms with Gasteiger partial charge in [-0.15, -0.1) is 0 Å². The van der Waals surface area contributed by atoms with Crippen LogP contribution in [-0.4, -0.2) is 48.7 Å². The summed E-state index contributed by atoms with van der Waals surface area (Å²) in [5, 5.41) is 5.00. The Balaban J connectivity index is 1.67. The number of rotatable bonds is 6. The summed E-state index contributed by atoms with van der Waals surface area (Å²) in [6.45, 7) is 3.03. The van der Waals surface area contributed by atoms with Crippen molar-refractivity contribution < 1.29 is 31.2 Å². The van der Waals surface area contributed by atoms with Crippen molar-refractivity contribution in [2.75, 3.05) is 18.4 Å². The molecule has 0 spiro atoms. The van der Waals surface area contributed by atoms with Gasteiger partial charge in [-0.3, -0.25) is 9.59 Å². The lowest BCUT2D eigenvalue weighted by Crippen LogP contribution is -2.36. The summed E-state index contributed by atoms with van der Waals surface area (Å²) in [4.78, 5) is 28.1. The van der Waals surface area contributed by atoms with E-state index in [1.54, 1.807) is 13.8 Å². The third-order valence-electron chi connectivity index (χ3n) is 4.50. The molecule has 1 aliphatic heterocycles. The van der Waals surface area contributed by atoms with E-state index in [9.17, 15) is 31.2 Å². The van der Waals surface area contributed by atoms with Crippen LogP contribution in [0.5, 0.6) is 0 Å². The number of nitrogens with zero attached hydrogens (tertiary/aromatic N) is 2. The second-order valence-electron chi connectivity index (χ2n) is 6.99. The molecule has 2 heterocycles. The molecule has 2 aromatic rings. The van der Waals surface area contributed by atoms with Crippen LogP contribution in [0.1, 0.15) is 40.1 Å². The van der Waals surface area contributed by atoms with Crippen LogP contribution in [0, 0.1) is 0 Å². The number of amides is 2. The summed E-state index contributed by atoms with van der Waals surface area (Å²) in [7, 11) is -4.05. The number of halogens is 3. The fraction of sp³-hybridized carbons (Fsp3) is 0.316. The van der Waals surface area contributed by atoms with Gasteiger partial charge in [0.2, 0.25) is 0 Å². The molecule has 0 atom stereocenters. The highest BCUT2D eigenvalue weighted by atomic mass is 32.2. The molecule has 0 saturated carbocycles. The first-order valence-corrected chi connectivity index (χ1v) is 10.7. The number of fused-ring (bicyclic) bond motifs is 1. The number of pyridine rings is 1. The zero-order valence-electron chi connectivity index (χ0n) is 16.5. The number of carbonyl (C=O) groups is 2. The summed E-state index contributed by atoms with van der Waals surface area (Å²) in [6, 6.07) is 5.19. The molecule has 2 amide bonds. The normalized spacial score (nSPS) is 15.2. The van der Waals surface area contributed by atoms with Crippen LogP contribution >= 0.6 is 0 Å². The lowest BCUT2D eigenvalue weighted by molar-refractivity contribution is -0.137. The third kappa shape index (κ3) is 4.33. The number of benzene rings is 1. The average Bonchev–Trinajstić information content (AvgIpc) is 2.89. The molecule has 0 bridgehead atoms. The van der Waals surface area contributed by atoms with Crippen molar-refractivity contribution in [3.05, 3.63) is 53.2 Å². The maximum absolute atomic E-state index is 13.0. The Hall–Kier alpha value is -3.15. The zero-order chi connectivity index (χ0) is 23.0. The monoisotopic (exact) mass is 456 g/mol. The summed E-state index contributed by atoms with van der Waals surface area (Å²) in [5.41, 5.74) is -0.930. The van der Waals surface area contributed by atoms with E-state index in [4.69, 9.17) is 0 Å². The van der Waals surface area contributed by atoms with Crippen LogP contribution in [-0.2, 0) is 16.2 Å². The molecule has 1 aromatic carbocycles. The Morgan fingerprint density at radius 3 is 2.55 bits per heavy atom. The molecule has 0 aliphatic carbocycles. The molecule has 12 heteroatoms. The van der Waals surface area contributed by atoms with Gasteiger partial charge in [0.1, 0.15) is 10.7 Å². The lowest BCUT2D eigenvalue weighted by atomic mass is 10.1. The molecule has 0 radical (unpaired) electrons. The van der Waals surface area contributed by atoms with Crippen molar-refractivity contribution in [3.8, 4) is 0 Å². The molecule has 8 nitrogen and oxygen atoms in total. The van der Waals surface area contributed by atoms with Crippen molar-refractivity contribution in [1.82, 2.24) is 14.6 Å². The molecule has 31 heavy (non-hydrogen) atoms. The molecule has 166 valence electrons. The Bertz CT molecular complexity index is 1130. The Morgan fingerprint density at radius 2 is 1.90 bits per heavy atom. The largest absolute Gasteiger partial charge is 0.419 e. The molecule has 3 rings (SSSR count). The van der Waals surface area contributed by atoms with Gasteiger partial charge < -0.3 is 10.6 Å². The van der Waals surface area contributed by atoms with Gasteiger partial charge in [0.15, 0.2) is 0 Å². The first kappa shape index (κ1) is 22.5. The Morgan fingerprint density at radius 1 is 1.19 bits per heavy atom. The zero-order valence-corrected chi connectivity index (χ0v) is 17.3. The van der Waals surface area contributed by atoms with Crippen molar-refractivity contribution in [1.29, 1.82) is 0 Å². The number of alkyl halides is 3. The van der Waals surface area contributed by atoms with Gasteiger partial charge in [-0.1, -0.05) is 0 Å². The van der Waals surface area contributed by atoms with Crippen molar-refractivity contribution in [2.24, 2.45) is 0 Å². The summed E-state index contributed by atoms with van der Waals surface area (Å²) < 4.78 is 64.8. The minimum Gasteiger partial charge on any atom is -0.368 e. The number of aromatic nitrogens is 1. The highest BCUT2D eigenvalue weighted by Crippen LogP contribution is 2.34. The lowest BCUT2D eigenvalue weighted by Gasteiger charge is -2.18. The van der Waals surface area contributed by atoms with E-state index >= 15 is 0 Å². The number of hydrogen-bond donors (Lipinski definition) is 2. The van der Waals surface area contributed by atoms with E-state index in [2.05, 4.69) is 15.6 Å². The van der Waals surface area contributed by atoms with Crippen molar-refractivity contribution in [2.45, 2.75) is 31.0 Å². The minimum atomic E-state index is -4.57. The molecular formula is C19H19F3N4O4S. The van der Waals surface area contributed by atoms with E-state index in [0.29, 0.717) is 0 Å². The van der Waals surface area contributed by atoms with E-state index < -0.39 is 39.6 Å². The highest BCUT2D eigenvalue weighted by Gasteiger charge is 2.43. The fourth-order valence-electron chi connectivity index (χ4n) is 3.13. The summed E-state index contributed by atoms with van der Waals surface area (Å²) >= 11 is 0. The van der Waals surface area contributed by atoms with E-state index in [0.717, 1.165) is 16.4 Å². The minimum absolute atomic E-state index is 0.00884. The summed E-state index contributed by atoms with van der Waals surface area (Å²) in [5.74, 6) is -1.65. The number of sulfonamides is 1. The van der Waals surface area contributed by atoms with Gasteiger partial charge >= 0.3 is 6.18 Å². The van der Waals surface area contributed by atoms with Crippen LogP contribution in [0.2, 0.25) is 0 Å². The third-order valence-corrected chi connectivity index (χ3v) is 6.50. The van der Waals surface area contributed by atoms with Gasteiger partial charge in [0.05, 0.1) is 11.1 Å².